The molecule has 9 nitrogen and oxygen atoms in total. The Hall–Kier alpha value is -3.66. The van der Waals surface area contributed by atoms with Crippen molar-refractivity contribution in [2.45, 2.75) is 25.7 Å². The quantitative estimate of drug-likeness (QED) is 0.494. The second kappa shape index (κ2) is 7.88. The van der Waals surface area contributed by atoms with Crippen LogP contribution < -0.4 is 9.46 Å². The summed E-state index contributed by atoms with van der Waals surface area (Å²) >= 11 is 0. The van der Waals surface area contributed by atoms with Crippen LogP contribution in [-0.2, 0) is 17.1 Å². The van der Waals surface area contributed by atoms with Crippen LogP contribution in [0.3, 0.4) is 0 Å². The number of anilines is 1. The second-order valence-corrected chi connectivity index (χ2v) is 8.68. The first kappa shape index (κ1) is 20.6. The standard InChI is InChI=1S/C21H22N6O3S/c1-14-21(15(2)26(4)24-14)31(28,29)25-17-7-9-18(10-8-17)30-20-13-19(22-16(3)23-20)27-11-5-6-12-27/h5-13,25H,1-4H3. The van der Waals surface area contributed by atoms with Crippen molar-refractivity contribution in [2.24, 2.45) is 7.05 Å². The Morgan fingerprint density at radius 1 is 1.00 bits per heavy atom. The molecule has 0 aliphatic heterocycles. The fourth-order valence-electron chi connectivity index (χ4n) is 3.26. The molecule has 10 heteroatoms. The van der Waals surface area contributed by atoms with E-state index >= 15 is 0 Å². The van der Waals surface area contributed by atoms with Gasteiger partial charge in [0.15, 0.2) is 0 Å². The highest BCUT2D eigenvalue weighted by Crippen LogP contribution is 2.26. The van der Waals surface area contributed by atoms with Crippen LogP contribution in [0, 0.1) is 20.8 Å². The lowest BCUT2D eigenvalue weighted by atomic mass is 10.3. The SMILES string of the molecule is Cc1nc(Oc2ccc(NS(=O)(=O)c3c(C)nn(C)c3C)cc2)cc(-n2cccc2)n1. The molecular weight excluding hydrogens is 416 g/mol. The zero-order valence-electron chi connectivity index (χ0n) is 17.6. The van der Waals surface area contributed by atoms with Gasteiger partial charge in [0.2, 0.25) is 5.88 Å². The van der Waals surface area contributed by atoms with Crippen molar-refractivity contribution in [1.82, 2.24) is 24.3 Å². The Labute approximate surface area is 180 Å². The van der Waals surface area contributed by atoms with Gasteiger partial charge in [0.25, 0.3) is 10.0 Å². The van der Waals surface area contributed by atoms with Gasteiger partial charge in [-0.1, -0.05) is 0 Å². The molecule has 3 heterocycles. The van der Waals surface area contributed by atoms with Crippen molar-refractivity contribution in [3.8, 4) is 17.4 Å². The molecule has 0 bridgehead atoms. The van der Waals surface area contributed by atoms with E-state index in [2.05, 4.69) is 19.8 Å². The molecule has 3 aromatic heterocycles. The summed E-state index contributed by atoms with van der Waals surface area (Å²) in [6, 6.07) is 12.2. The third-order valence-corrected chi connectivity index (χ3v) is 6.34. The molecule has 0 aliphatic rings. The van der Waals surface area contributed by atoms with E-state index in [1.807, 2.05) is 29.1 Å². The highest BCUT2D eigenvalue weighted by atomic mass is 32.2. The van der Waals surface area contributed by atoms with Crippen LogP contribution in [0.5, 0.6) is 11.6 Å². The molecule has 31 heavy (non-hydrogen) atoms. The molecule has 0 spiro atoms. The monoisotopic (exact) mass is 438 g/mol. The number of sulfonamides is 1. The van der Waals surface area contributed by atoms with E-state index in [0.29, 0.717) is 40.3 Å². The predicted octanol–water partition coefficient (Wildman–Crippen LogP) is 3.52. The van der Waals surface area contributed by atoms with Crippen LogP contribution in [-0.4, -0.2) is 32.7 Å². The number of benzene rings is 1. The van der Waals surface area contributed by atoms with Crippen LogP contribution in [0.25, 0.3) is 5.82 Å². The zero-order chi connectivity index (χ0) is 22.2. The smallest absolute Gasteiger partial charge is 0.265 e. The molecule has 160 valence electrons. The number of nitrogens with one attached hydrogen (secondary N) is 1. The van der Waals surface area contributed by atoms with Crippen LogP contribution >= 0.6 is 0 Å². The van der Waals surface area contributed by atoms with Crippen LogP contribution in [0.4, 0.5) is 5.69 Å². The van der Waals surface area contributed by atoms with Gasteiger partial charge in [0.1, 0.15) is 22.3 Å². The van der Waals surface area contributed by atoms with Gasteiger partial charge >= 0.3 is 0 Å². The lowest BCUT2D eigenvalue weighted by Gasteiger charge is -2.11. The lowest BCUT2D eigenvalue weighted by Crippen LogP contribution is -2.14. The Balaban J connectivity index is 1.53. The fourth-order valence-corrected chi connectivity index (χ4v) is 4.76. The van der Waals surface area contributed by atoms with Crippen molar-refractivity contribution < 1.29 is 13.2 Å². The van der Waals surface area contributed by atoms with Crippen molar-refractivity contribution in [3.05, 3.63) is 72.1 Å². The summed E-state index contributed by atoms with van der Waals surface area (Å²) in [7, 11) is -2.05. The van der Waals surface area contributed by atoms with Gasteiger partial charge in [-0.05, 0) is 57.2 Å². The summed E-state index contributed by atoms with van der Waals surface area (Å²) in [4.78, 5) is 8.90. The van der Waals surface area contributed by atoms with Gasteiger partial charge < -0.3 is 9.30 Å². The average Bonchev–Trinajstić information content (AvgIpc) is 3.31. The summed E-state index contributed by atoms with van der Waals surface area (Å²) in [6.07, 6.45) is 3.77. The van der Waals surface area contributed by atoms with E-state index in [0.717, 1.165) is 0 Å². The molecule has 4 aromatic rings. The van der Waals surface area contributed by atoms with Crippen molar-refractivity contribution in [2.75, 3.05) is 4.72 Å². The molecule has 4 rings (SSSR count). The van der Waals surface area contributed by atoms with Gasteiger partial charge in [-0.25, -0.2) is 13.4 Å². The number of nitrogens with zero attached hydrogens (tertiary/aromatic N) is 5. The minimum atomic E-state index is -3.76. The third kappa shape index (κ3) is 4.29. The summed E-state index contributed by atoms with van der Waals surface area (Å²) < 4.78 is 37.5. The molecule has 1 aromatic carbocycles. The average molecular weight is 439 g/mol. The number of ether oxygens (including phenoxy) is 1. The molecule has 0 saturated carbocycles. The van der Waals surface area contributed by atoms with E-state index in [1.165, 1.54) is 0 Å². The molecule has 0 radical (unpaired) electrons. The van der Waals surface area contributed by atoms with Crippen molar-refractivity contribution in [3.63, 3.8) is 0 Å². The van der Waals surface area contributed by atoms with Gasteiger partial charge in [0.05, 0.1) is 11.4 Å². The maximum absolute atomic E-state index is 12.8. The molecule has 0 aliphatic carbocycles. The molecular formula is C21H22N6O3S. The molecule has 0 atom stereocenters. The maximum Gasteiger partial charge on any atom is 0.265 e. The number of hydrogen-bond acceptors (Lipinski definition) is 6. The number of aromatic nitrogens is 5. The molecule has 0 saturated heterocycles. The van der Waals surface area contributed by atoms with E-state index in [1.54, 1.807) is 62.8 Å². The second-order valence-electron chi connectivity index (χ2n) is 7.06. The lowest BCUT2D eigenvalue weighted by molar-refractivity contribution is 0.459. The molecule has 1 N–H and O–H groups in total. The molecule has 0 unspecified atom stereocenters. The van der Waals surface area contributed by atoms with Crippen LogP contribution in [0.2, 0.25) is 0 Å². The van der Waals surface area contributed by atoms with Gasteiger partial charge in [-0.3, -0.25) is 9.40 Å². The van der Waals surface area contributed by atoms with E-state index in [4.69, 9.17) is 4.74 Å². The fraction of sp³-hybridized carbons (Fsp3) is 0.190. The van der Waals surface area contributed by atoms with Crippen molar-refractivity contribution >= 4 is 15.7 Å². The Kier molecular flexibility index (Phi) is 5.24. The zero-order valence-corrected chi connectivity index (χ0v) is 18.4. The van der Waals surface area contributed by atoms with E-state index in [-0.39, 0.29) is 4.90 Å². The van der Waals surface area contributed by atoms with Gasteiger partial charge in [0, 0.05) is 31.2 Å². The minimum absolute atomic E-state index is 0.185. The highest BCUT2D eigenvalue weighted by Gasteiger charge is 2.23. The largest absolute Gasteiger partial charge is 0.439 e. The number of hydrogen-bond donors (Lipinski definition) is 1. The number of aryl methyl sites for hydroxylation is 3. The first-order chi connectivity index (χ1) is 14.7. The minimum Gasteiger partial charge on any atom is -0.439 e. The summed E-state index contributed by atoms with van der Waals surface area (Å²) in [5.41, 5.74) is 1.44. The highest BCUT2D eigenvalue weighted by molar-refractivity contribution is 7.92. The van der Waals surface area contributed by atoms with Crippen LogP contribution in [0.15, 0.2) is 59.8 Å². The van der Waals surface area contributed by atoms with Crippen molar-refractivity contribution in [1.29, 1.82) is 0 Å². The Morgan fingerprint density at radius 2 is 1.68 bits per heavy atom. The summed E-state index contributed by atoms with van der Waals surface area (Å²) in [5.74, 6) is 2.19. The van der Waals surface area contributed by atoms with E-state index < -0.39 is 10.0 Å². The number of rotatable bonds is 6. The summed E-state index contributed by atoms with van der Waals surface area (Å²) in [6.45, 7) is 5.18. The topological polar surface area (TPSA) is 104 Å². The maximum atomic E-state index is 12.8. The van der Waals surface area contributed by atoms with Crippen LogP contribution in [0.1, 0.15) is 17.2 Å². The first-order valence-corrected chi connectivity index (χ1v) is 11.0. The van der Waals surface area contributed by atoms with Gasteiger partial charge in [-0.15, -0.1) is 0 Å². The first-order valence-electron chi connectivity index (χ1n) is 9.53. The molecule has 0 amide bonds. The third-order valence-electron chi connectivity index (χ3n) is 4.71. The van der Waals surface area contributed by atoms with E-state index in [9.17, 15) is 8.42 Å². The van der Waals surface area contributed by atoms with Gasteiger partial charge in [-0.2, -0.15) is 10.1 Å². The Morgan fingerprint density at radius 3 is 2.29 bits per heavy atom. The predicted molar refractivity (Wildman–Crippen MR) is 116 cm³/mol. The Bertz CT molecular complexity index is 1330. The summed E-state index contributed by atoms with van der Waals surface area (Å²) in [5, 5.41) is 4.18. The molecule has 0 fully saturated rings. The normalized spacial score (nSPS) is 11.5.